The smallest absolute Gasteiger partial charge is 0.288 e. The lowest BCUT2D eigenvalue weighted by atomic mass is 10.2. The fraction of sp³-hybridized carbons (Fsp3) is 0.211. The molecule has 0 aliphatic rings. The lowest BCUT2D eigenvalue weighted by Crippen LogP contribution is -2.42. The van der Waals surface area contributed by atoms with Crippen LogP contribution in [0.25, 0.3) is 5.65 Å². The molecular formula is C19H21N5O4S. The maximum Gasteiger partial charge on any atom is 0.288 e. The van der Waals surface area contributed by atoms with Crippen LogP contribution >= 0.6 is 0 Å². The summed E-state index contributed by atoms with van der Waals surface area (Å²) in [6, 6.07) is 10.5. The Kier molecular flexibility index (Phi) is 5.66. The van der Waals surface area contributed by atoms with Crippen molar-refractivity contribution in [2.24, 2.45) is 0 Å². The lowest BCUT2D eigenvalue weighted by Gasteiger charge is -2.10. The van der Waals surface area contributed by atoms with Crippen LogP contribution in [-0.4, -0.2) is 35.7 Å². The van der Waals surface area contributed by atoms with Crippen LogP contribution in [0, 0.1) is 6.92 Å². The topological polar surface area (TPSA) is 122 Å². The van der Waals surface area contributed by atoms with Gasteiger partial charge in [0.15, 0.2) is 0 Å². The maximum atomic E-state index is 12.5. The summed E-state index contributed by atoms with van der Waals surface area (Å²) < 4.78 is 28.4. The van der Waals surface area contributed by atoms with Gasteiger partial charge in [0, 0.05) is 17.8 Å². The molecular weight excluding hydrogens is 394 g/mol. The van der Waals surface area contributed by atoms with E-state index in [2.05, 4.69) is 20.6 Å². The molecule has 0 aliphatic heterocycles. The van der Waals surface area contributed by atoms with Crippen LogP contribution in [0.15, 0.2) is 53.6 Å². The van der Waals surface area contributed by atoms with E-state index in [0.717, 1.165) is 0 Å². The lowest BCUT2D eigenvalue weighted by molar-refractivity contribution is 0.0843. The molecule has 0 aliphatic carbocycles. The van der Waals surface area contributed by atoms with Crippen molar-refractivity contribution in [1.29, 1.82) is 0 Å². The standard InChI is InChI=1S/C19H21N5O4S/c1-12(2)23-29(27,28)15-9-7-14(8-10-15)18(25)21-22-19(26)17-13(3)20-16-6-4-5-11-24(16)17/h4-12,23H,1-3H3,(H,21,25)(H,22,26). The van der Waals surface area contributed by atoms with Gasteiger partial charge in [0.05, 0.1) is 10.6 Å². The number of hydrazine groups is 1. The molecule has 0 spiro atoms. The highest BCUT2D eigenvalue weighted by Gasteiger charge is 2.18. The van der Waals surface area contributed by atoms with Crippen molar-refractivity contribution >= 4 is 27.5 Å². The number of hydrogen-bond acceptors (Lipinski definition) is 5. The number of carbonyl (C=O) groups is 2. The van der Waals surface area contributed by atoms with Gasteiger partial charge in [-0.2, -0.15) is 0 Å². The number of rotatable bonds is 5. The highest BCUT2D eigenvalue weighted by molar-refractivity contribution is 7.89. The van der Waals surface area contributed by atoms with Crippen LogP contribution in [0.2, 0.25) is 0 Å². The molecule has 1 aromatic carbocycles. The average Bonchev–Trinajstić information content (AvgIpc) is 3.00. The van der Waals surface area contributed by atoms with Crippen LogP contribution in [-0.2, 0) is 10.0 Å². The Bertz CT molecular complexity index is 1170. The summed E-state index contributed by atoms with van der Waals surface area (Å²) in [5.74, 6) is -1.10. The van der Waals surface area contributed by atoms with Crippen molar-refractivity contribution in [3.63, 3.8) is 0 Å². The zero-order valence-electron chi connectivity index (χ0n) is 16.1. The number of aromatic nitrogens is 2. The number of imidazole rings is 1. The van der Waals surface area contributed by atoms with Gasteiger partial charge in [-0.25, -0.2) is 18.1 Å². The van der Waals surface area contributed by atoms with Crippen molar-refractivity contribution in [2.75, 3.05) is 0 Å². The highest BCUT2D eigenvalue weighted by atomic mass is 32.2. The Balaban J connectivity index is 1.69. The minimum atomic E-state index is -3.64. The molecule has 3 aromatic rings. The highest BCUT2D eigenvalue weighted by Crippen LogP contribution is 2.12. The molecule has 3 N–H and O–H groups in total. The Morgan fingerprint density at radius 2 is 1.66 bits per heavy atom. The largest absolute Gasteiger partial charge is 0.295 e. The van der Waals surface area contributed by atoms with E-state index in [4.69, 9.17) is 0 Å². The molecule has 152 valence electrons. The van der Waals surface area contributed by atoms with Gasteiger partial charge in [-0.15, -0.1) is 0 Å². The van der Waals surface area contributed by atoms with Crippen molar-refractivity contribution in [1.82, 2.24) is 25.0 Å². The number of benzene rings is 1. The number of hydrogen-bond donors (Lipinski definition) is 3. The number of aryl methyl sites for hydroxylation is 1. The Morgan fingerprint density at radius 1 is 1.00 bits per heavy atom. The molecule has 0 bridgehead atoms. The first kappa shape index (κ1) is 20.5. The molecule has 0 saturated carbocycles. The van der Waals surface area contributed by atoms with Crippen LogP contribution < -0.4 is 15.6 Å². The van der Waals surface area contributed by atoms with E-state index in [-0.39, 0.29) is 16.5 Å². The third kappa shape index (κ3) is 4.44. The average molecular weight is 415 g/mol. The van der Waals surface area contributed by atoms with Crippen molar-refractivity contribution in [3.05, 3.63) is 65.6 Å². The molecule has 3 rings (SSSR count). The van der Waals surface area contributed by atoms with Gasteiger partial charge in [-0.1, -0.05) is 6.07 Å². The number of nitrogens with one attached hydrogen (secondary N) is 3. The van der Waals surface area contributed by atoms with Gasteiger partial charge < -0.3 is 0 Å². The van der Waals surface area contributed by atoms with E-state index in [9.17, 15) is 18.0 Å². The van der Waals surface area contributed by atoms with Crippen molar-refractivity contribution < 1.29 is 18.0 Å². The summed E-state index contributed by atoms with van der Waals surface area (Å²) in [5, 5.41) is 0. The monoisotopic (exact) mass is 415 g/mol. The summed E-state index contributed by atoms with van der Waals surface area (Å²) >= 11 is 0. The third-order valence-corrected chi connectivity index (χ3v) is 5.70. The third-order valence-electron chi connectivity index (χ3n) is 4.03. The molecule has 0 atom stereocenters. The summed E-state index contributed by atoms with van der Waals surface area (Å²) in [6.45, 7) is 5.13. The van der Waals surface area contributed by atoms with Gasteiger partial charge in [0.1, 0.15) is 11.3 Å². The zero-order valence-corrected chi connectivity index (χ0v) is 16.9. The summed E-state index contributed by atoms with van der Waals surface area (Å²) in [6.07, 6.45) is 1.70. The predicted octanol–water partition coefficient (Wildman–Crippen LogP) is 1.40. The van der Waals surface area contributed by atoms with Crippen molar-refractivity contribution in [3.8, 4) is 0 Å². The van der Waals surface area contributed by atoms with E-state index in [1.54, 1.807) is 43.5 Å². The second-order valence-corrected chi connectivity index (χ2v) is 8.40. The number of carbonyl (C=O) groups excluding carboxylic acids is 2. The van der Waals surface area contributed by atoms with E-state index in [1.807, 2.05) is 6.07 Å². The number of nitrogens with zero attached hydrogens (tertiary/aromatic N) is 2. The van der Waals surface area contributed by atoms with Crippen LogP contribution in [0.5, 0.6) is 0 Å². The molecule has 0 saturated heterocycles. The van der Waals surface area contributed by atoms with Gasteiger partial charge in [-0.3, -0.25) is 24.8 Å². The second kappa shape index (κ2) is 8.02. The molecule has 2 aromatic heterocycles. The first-order valence-corrected chi connectivity index (χ1v) is 10.3. The van der Waals surface area contributed by atoms with E-state index >= 15 is 0 Å². The Labute approximate surface area is 168 Å². The zero-order chi connectivity index (χ0) is 21.2. The fourth-order valence-corrected chi connectivity index (χ4v) is 4.05. The quantitative estimate of drug-likeness (QED) is 0.544. The minimum absolute atomic E-state index is 0.0492. The molecule has 2 heterocycles. The SMILES string of the molecule is Cc1nc2ccccn2c1C(=O)NNC(=O)c1ccc(S(=O)(=O)NC(C)C)cc1. The fourth-order valence-electron chi connectivity index (χ4n) is 2.80. The van der Waals surface area contributed by atoms with Gasteiger partial charge in [0.2, 0.25) is 10.0 Å². The molecule has 0 fully saturated rings. The van der Waals surface area contributed by atoms with E-state index in [0.29, 0.717) is 17.0 Å². The van der Waals surface area contributed by atoms with Crippen LogP contribution in [0.4, 0.5) is 0 Å². The number of pyridine rings is 1. The molecule has 0 radical (unpaired) electrons. The van der Waals surface area contributed by atoms with Crippen LogP contribution in [0.1, 0.15) is 40.4 Å². The molecule has 29 heavy (non-hydrogen) atoms. The molecule has 10 heteroatoms. The number of sulfonamides is 1. The normalized spacial score (nSPS) is 11.6. The van der Waals surface area contributed by atoms with Crippen LogP contribution in [0.3, 0.4) is 0 Å². The van der Waals surface area contributed by atoms with E-state index < -0.39 is 21.8 Å². The van der Waals surface area contributed by atoms with Gasteiger partial charge >= 0.3 is 0 Å². The second-order valence-electron chi connectivity index (χ2n) is 6.68. The number of amides is 2. The first-order valence-electron chi connectivity index (χ1n) is 8.86. The van der Waals surface area contributed by atoms with Gasteiger partial charge in [0.25, 0.3) is 11.8 Å². The summed E-state index contributed by atoms with van der Waals surface area (Å²) in [7, 11) is -3.64. The van der Waals surface area contributed by atoms with Gasteiger partial charge in [-0.05, 0) is 57.2 Å². The summed E-state index contributed by atoms with van der Waals surface area (Å²) in [5.41, 5.74) is 6.33. The minimum Gasteiger partial charge on any atom is -0.295 e. The van der Waals surface area contributed by atoms with E-state index in [1.165, 1.54) is 24.3 Å². The predicted molar refractivity (Wildman–Crippen MR) is 107 cm³/mol. The number of fused-ring (bicyclic) bond motifs is 1. The Hall–Kier alpha value is -3.24. The Morgan fingerprint density at radius 3 is 2.31 bits per heavy atom. The molecule has 2 amide bonds. The summed E-state index contributed by atoms with van der Waals surface area (Å²) in [4.78, 5) is 29.1. The van der Waals surface area contributed by atoms with Crippen molar-refractivity contribution in [2.45, 2.75) is 31.7 Å². The first-order chi connectivity index (χ1) is 13.7. The molecule has 9 nitrogen and oxygen atoms in total. The molecule has 0 unspecified atom stereocenters. The maximum absolute atomic E-state index is 12.5.